The molecule has 1 aromatic rings. The Hall–Kier alpha value is -1.47. The van der Waals surface area contributed by atoms with Crippen molar-refractivity contribution in [3.05, 3.63) is 35.4 Å². The minimum Gasteiger partial charge on any atom is -0.351 e. The van der Waals surface area contributed by atoms with Gasteiger partial charge < -0.3 is 5.32 Å². The molecule has 0 aromatic heterocycles. The third-order valence-electron chi connectivity index (χ3n) is 2.14. The lowest BCUT2D eigenvalue weighted by Gasteiger charge is -2.06. The van der Waals surface area contributed by atoms with Crippen molar-refractivity contribution >= 4 is 17.7 Å². The normalized spacial score (nSPS) is 9.50. The molecule has 1 N–H and O–H groups in total. The van der Waals surface area contributed by atoms with Crippen LogP contribution in [-0.4, -0.2) is 17.4 Å². The number of aryl methyl sites for hydroxylation is 1. The summed E-state index contributed by atoms with van der Waals surface area (Å²) in [7, 11) is 0. The van der Waals surface area contributed by atoms with Crippen LogP contribution in [-0.2, 0) is 11.3 Å². The van der Waals surface area contributed by atoms with E-state index in [1.54, 1.807) is 0 Å². The predicted octanol–water partition coefficient (Wildman–Crippen LogP) is 1.87. The molecule has 16 heavy (non-hydrogen) atoms. The quantitative estimate of drug-likeness (QED) is 0.791. The summed E-state index contributed by atoms with van der Waals surface area (Å²) in [5, 5.41) is 11.2. The molecule has 84 valence electrons. The molecule has 0 unspecified atom stereocenters. The number of rotatable bonds is 5. The maximum atomic E-state index is 11.4. The molecule has 0 aliphatic carbocycles. The Bertz CT molecular complexity index is 398. The minimum absolute atomic E-state index is 0.0245. The molecule has 1 amide bonds. The van der Waals surface area contributed by atoms with Crippen LogP contribution >= 0.6 is 11.8 Å². The molecule has 0 saturated heterocycles. The van der Waals surface area contributed by atoms with E-state index in [0.717, 1.165) is 5.56 Å². The molecule has 0 aliphatic heterocycles. The van der Waals surface area contributed by atoms with Gasteiger partial charge in [0.2, 0.25) is 5.91 Å². The minimum atomic E-state index is -0.0245. The monoisotopic (exact) mass is 234 g/mol. The van der Waals surface area contributed by atoms with Gasteiger partial charge in [-0.1, -0.05) is 24.3 Å². The van der Waals surface area contributed by atoms with Gasteiger partial charge in [-0.15, -0.1) is 11.8 Å². The highest BCUT2D eigenvalue weighted by molar-refractivity contribution is 8.00. The molecule has 0 saturated carbocycles. The molecule has 0 fully saturated rings. The molecule has 0 atom stereocenters. The number of carbonyl (C=O) groups excluding carboxylic acids is 1. The molecule has 1 rings (SSSR count). The van der Waals surface area contributed by atoms with E-state index in [2.05, 4.69) is 5.32 Å². The van der Waals surface area contributed by atoms with E-state index in [1.165, 1.54) is 17.3 Å². The second-order valence-corrected chi connectivity index (χ2v) is 4.34. The largest absolute Gasteiger partial charge is 0.351 e. The van der Waals surface area contributed by atoms with Gasteiger partial charge in [0.1, 0.15) is 0 Å². The van der Waals surface area contributed by atoms with Crippen LogP contribution < -0.4 is 5.32 Å². The van der Waals surface area contributed by atoms with Crippen molar-refractivity contribution in [1.82, 2.24) is 5.32 Å². The van der Waals surface area contributed by atoms with E-state index in [9.17, 15) is 4.79 Å². The second kappa shape index (κ2) is 6.91. The van der Waals surface area contributed by atoms with E-state index in [4.69, 9.17) is 5.26 Å². The summed E-state index contributed by atoms with van der Waals surface area (Å²) in [5.41, 5.74) is 2.30. The van der Waals surface area contributed by atoms with Gasteiger partial charge in [0, 0.05) is 6.54 Å². The van der Waals surface area contributed by atoms with Gasteiger partial charge in [-0.25, -0.2) is 0 Å². The van der Waals surface area contributed by atoms with Crippen molar-refractivity contribution in [3.8, 4) is 6.07 Å². The molecule has 3 nitrogen and oxygen atoms in total. The summed E-state index contributed by atoms with van der Waals surface area (Å²) < 4.78 is 0. The maximum Gasteiger partial charge on any atom is 0.230 e. The average Bonchev–Trinajstić information content (AvgIpc) is 2.28. The van der Waals surface area contributed by atoms with Crippen molar-refractivity contribution < 1.29 is 4.79 Å². The van der Waals surface area contributed by atoms with Crippen LogP contribution in [0.5, 0.6) is 0 Å². The highest BCUT2D eigenvalue weighted by Crippen LogP contribution is 2.06. The van der Waals surface area contributed by atoms with Gasteiger partial charge in [0.15, 0.2) is 0 Å². The molecular weight excluding hydrogens is 220 g/mol. The number of nitrogens with zero attached hydrogens (tertiary/aromatic N) is 1. The van der Waals surface area contributed by atoms with Crippen LogP contribution in [0.25, 0.3) is 0 Å². The first kappa shape index (κ1) is 12.6. The van der Waals surface area contributed by atoms with Gasteiger partial charge in [0.05, 0.1) is 17.6 Å². The van der Waals surface area contributed by atoms with E-state index in [0.29, 0.717) is 18.1 Å². The fraction of sp³-hybridized carbons (Fsp3) is 0.333. The van der Waals surface area contributed by atoms with E-state index >= 15 is 0 Å². The zero-order valence-electron chi connectivity index (χ0n) is 9.19. The molecule has 0 radical (unpaired) electrons. The number of nitrogens with one attached hydrogen (secondary N) is 1. The van der Waals surface area contributed by atoms with Crippen molar-refractivity contribution in [2.24, 2.45) is 0 Å². The van der Waals surface area contributed by atoms with Crippen LogP contribution in [0.2, 0.25) is 0 Å². The Balaban J connectivity index is 2.32. The lowest BCUT2D eigenvalue weighted by molar-refractivity contribution is -0.118. The molecule has 0 spiro atoms. The fourth-order valence-corrected chi connectivity index (χ4v) is 1.72. The number of hydrogen-bond acceptors (Lipinski definition) is 3. The summed E-state index contributed by atoms with van der Waals surface area (Å²) in [6.07, 6.45) is 0. The zero-order valence-corrected chi connectivity index (χ0v) is 10.0. The van der Waals surface area contributed by atoms with Crippen LogP contribution in [0.15, 0.2) is 24.3 Å². The standard InChI is InChI=1S/C12H14N2OS/c1-10-4-2-3-5-11(10)8-14-12(15)9-16-7-6-13/h2-5H,7-9H2,1H3,(H,14,15). The first-order chi connectivity index (χ1) is 7.74. The van der Waals surface area contributed by atoms with Gasteiger partial charge in [-0.2, -0.15) is 5.26 Å². The average molecular weight is 234 g/mol. The summed E-state index contributed by atoms with van der Waals surface area (Å²) in [6, 6.07) is 9.94. The third kappa shape index (κ3) is 4.37. The van der Waals surface area contributed by atoms with E-state index in [1.807, 2.05) is 37.3 Å². The summed E-state index contributed by atoms with van der Waals surface area (Å²) in [4.78, 5) is 11.4. The molecular formula is C12H14N2OS. The fourth-order valence-electron chi connectivity index (χ4n) is 1.24. The van der Waals surface area contributed by atoms with E-state index < -0.39 is 0 Å². The first-order valence-electron chi connectivity index (χ1n) is 5.00. The van der Waals surface area contributed by atoms with Crippen molar-refractivity contribution in [2.75, 3.05) is 11.5 Å². The number of thioether (sulfide) groups is 1. The van der Waals surface area contributed by atoms with Crippen LogP contribution in [0, 0.1) is 18.3 Å². The summed E-state index contributed by atoms with van der Waals surface area (Å²) in [5.74, 6) is 0.681. The predicted molar refractivity (Wildman–Crippen MR) is 66.0 cm³/mol. The maximum absolute atomic E-state index is 11.4. The first-order valence-corrected chi connectivity index (χ1v) is 6.15. The Morgan fingerprint density at radius 2 is 2.25 bits per heavy atom. The zero-order chi connectivity index (χ0) is 11.8. The molecule has 0 bridgehead atoms. The highest BCUT2D eigenvalue weighted by Gasteiger charge is 2.02. The van der Waals surface area contributed by atoms with Crippen LogP contribution in [0.1, 0.15) is 11.1 Å². The van der Waals surface area contributed by atoms with Gasteiger partial charge in [-0.3, -0.25) is 4.79 Å². The van der Waals surface area contributed by atoms with Crippen LogP contribution in [0.3, 0.4) is 0 Å². The van der Waals surface area contributed by atoms with E-state index in [-0.39, 0.29) is 5.91 Å². The highest BCUT2D eigenvalue weighted by atomic mass is 32.2. The lowest BCUT2D eigenvalue weighted by Crippen LogP contribution is -2.25. The Kier molecular flexibility index (Phi) is 5.44. The lowest BCUT2D eigenvalue weighted by atomic mass is 10.1. The van der Waals surface area contributed by atoms with Gasteiger partial charge in [-0.05, 0) is 18.1 Å². The van der Waals surface area contributed by atoms with Gasteiger partial charge >= 0.3 is 0 Å². The third-order valence-corrected chi connectivity index (χ3v) is 2.94. The van der Waals surface area contributed by atoms with Crippen molar-refractivity contribution in [2.45, 2.75) is 13.5 Å². The number of hydrogen-bond donors (Lipinski definition) is 1. The van der Waals surface area contributed by atoms with Crippen molar-refractivity contribution in [1.29, 1.82) is 5.26 Å². The number of nitriles is 1. The molecule has 0 heterocycles. The SMILES string of the molecule is Cc1ccccc1CNC(=O)CSCC#N. The molecule has 1 aromatic carbocycles. The second-order valence-electron chi connectivity index (χ2n) is 3.35. The molecule has 4 heteroatoms. The number of carbonyl (C=O) groups is 1. The Morgan fingerprint density at radius 1 is 1.50 bits per heavy atom. The Labute approximate surface area is 99.8 Å². The smallest absolute Gasteiger partial charge is 0.230 e. The summed E-state index contributed by atoms with van der Waals surface area (Å²) in [6.45, 7) is 2.57. The van der Waals surface area contributed by atoms with Crippen molar-refractivity contribution in [3.63, 3.8) is 0 Å². The molecule has 0 aliphatic rings. The number of benzene rings is 1. The van der Waals surface area contributed by atoms with Gasteiger partial charge in [0.25, 0.3) is 0 Å². The topological polar surface area (TPSA) is 52.9 Å². The summed E-state index contributed by atoms with van der Waals surface area (Å²) >= 11 is 1.33. The number of amides is 1. The Morgan fingerprint density at radius 3 is 2.94 bits per heavy atom. The van der Waals surface area contributed by atoms with Crippen LogP contribution in [0.4, 0.5) is 0 Å².